The van der Waals surface area contributed by atoms with Gasteiger partial charge in [-0.05, 0) is 30.9 Å². The largest absolute Gasteiger partial charge is 0.330 e. The highest BCUT2D eigenvalue weighted by Gasteiger charge is 2.23. The van der Waals surface area contributed by atoms with Gasteiger partial charge in [0, 0.05) is 18.4 Å². The summed E-state index contributed by atoms with van der Waals surface area (Å²) in [5.41, 5.74) is 2.73. The fourth-order valence-corrected chi connectivity index (χ4v) is 2.08. The molecule has 1 saturated heterocycles. The van der Waals surface area contributed by atoms with Crippen molar-refractivity contribution < 1.29 is 0 Å². The Hall–Kier alpha value is -1.82. The lowest BCUT2D eigenvalue weighted by Crippen LogP contribution is -2.18. The van der Waals surface area contributed by atoms with Crippen molar-refractivity contribution >= 4 is 5.82 Å². The molecule has 0 amide bonds. The molecule has 2 heterocycles. The van der Waals surface area contributed by atoms with Crippen molar-refractivity contribution in [3.63, 3.8) is 0 Å². The van der Waals surface area contributed by atoms with E-state index in [1.807, 2.05) is 13.0 Å². The molecule has 1 aliphatic rings. The van der Waals surface area contributed by atoms with Gasteiger partial charge in [-0.3, -0.25) is 0 Å². The quantitative estimate of drug-likeness (QED) is 0.720. The van der Waals surface area contributed by atoms with Crippen LogP contribution in [0.4, 0.5) is 5.82 Å². The van der Waals surface area contributed by atoms with Gasteiger partial charge in [-0.1, -0.05) is 13.5 Å². The molecule has 1 aromatic rings. The van der Waals surface area contributed by atoms with Crippen LogP contribution in [-0.2, 0) is 0 Å². The minimum Gasteiger partial charge on any atom is -0.330 e. The van der Waals surface area contributed by atoms with Gasteiger partial charge in [0.2, 0.25) is 0 Å². The minimum atomic E-state index is 0.630. The third-order valence-corrected chi connectivity index (χ3v) is 2.95. The van der Waals surface area contributed by atoms with E-state index in [0.717, 1.165) is 30.0 Å². The van der Waals surface area contributed by atoms with Crippen LogP contribution in [0.5, 0.6) is 0 Å². The lowest BCUT2D eigenvalue weighted by atomic mass is 10.1. The number of pyridine rings is 1. The molecule has 2 rings (SSSR count). The Morgan fingerprint density at radius 1 is 1.62 bits per heavy atom. The smallest absolute Gasteiger partial charge is 0.132 e. The molecule has 0 saturated carbocycles. The van der Waals surface area contributed by atoms with Gasteiger partial charge in [0.15, 0.2) is 0 Å². The lowest BCUT2D eigenvalue weighted by Gasteiger charge is -2.18. The van der Waals surface area contributed by atoms with Crippen LogP contribution in [0.1, 0.15) is 24.5 Å². The predicted octanol–water partition coefficient (Wildman–Crippen LogP) is 2.62. The Morgan fingerprint density at radius 3 is 2.88 bits per heavy atom. The van der Waals surface area contributed by atoms with E-state index in [0.29, 0.717) is 11.5 Å². The van der Waals surface area contributed by atoms with Gasteiger partial charge in [-0.15, -0.1) is 0 Å². The Bertz CT molecular complexity index is 471. The number of hydrogen-bond donors (Lipinski definition) is 0. The van der Waals surface area contributed by atoms with Gasteiger partial charge < -0.3 is 4.90 Å². The molecule has 1 unspecified atom stereocenters. The highest BCUT2D eigenvalue weighted by atomic mass is 15.2. The van der Waals surface area contributed by atoms with Crippen molar-refractivity contribution in [1.82, 2.24) is 4.98 Å². The van der Waals surface area contributed by atoms with Crippen molar-refractivity contribution in [2.45, 2.75) is 20.3 Å². The normalized spacial score (nSPS) is 19.9. The average molecular weight is 213 g/mol. The van der Waals surface area contributed by atoms with Crippen molar-refractivity contribution in [2.75, 3.05) is 11.4 Å². The maximum atomic E-state index is 8.85. The Morgan fingerprint density at radius 2 is 2.38 bits per heavy atom. The fourth-order valence-electron chi connectivity index (χ4n) is 2.08. The van der Waals surface area contributed by atoms with Gasteiger partial charge in [0.05, 0.1) is 5.56 Å². The molecule has 0 radical (unpaired) electrons. The molecule has 0 N–H and O–H groups in total. The van der Waals surface area contributed by atoms with Crippen molar-refractivity contribution in [2.24, 2.45) is 5.92 Å². The maximum Gasteiger partial charge on any atom is 0.132 e. The highest BCUT2D eigenvalue weighted by molar-refractivity contribution is 5.52. The van der Waals surface area contributed by atoms with E-state index in [9.17, 15) is 0 Å². The Kier molecular flexibility index (Phi) is 2.66. The molecule has 1 atom stereocenters. The maximum absolute atomic E-state index is 8.85. The zero-order chi connectivity index (χ0) is 11.7. The summed E-state index contributed by atoms with van der Waals surface area (Å²) < 4.78 is 0. The Labute approximate surface area is 96.0 Å². The van der Waals surface area contributed by atoms with E-state index in [1.54, 1.807) is 6.20 Å². The summed E-state index contributed by atoms with van der Waals surface area (Å²) in [5, 5.41) is 8.85. The molecule has 3 nitrogen and oxygen atoms in total. The number of aromatic nitrogens is 1. The standard InChI is InChI=1S/C13H15N3/c1-9-4-11(3)16(8-9)13-5-10(2)12(6-14)7-15-13/h5,7,9H,3-4,8H2,1-2H3. The highest BCUT2D eigenvalue weighted by Crippen LogP contribution is 2.29. The number of allylic oxidation sites excluding steroid dienone is 1. The summed E-state index contributed by atoms with van der Waals surface area (Å²) >= 11 is 0. The van der Waals surface area contributed by atoms with Crippen LogP contribution in [-0.4, -0.2) is 11.5 Å². The number of hydrogen-bond acceptors (Lipinski definition) is 3. The van der Waals surface area contributed by atoms with E-state index >= 15 is 0 Å². The van der Waals surface area contributed by atoms with E-state index in [1.165, 1.54) is 0 Å². The van der Waals surface area contributed by atoms with Crippen molar-refractivity contribution in [3.05, 3.63) is 35.7 Å². The molecule has 3 heteroatoms. The first-order valence-corrected chi connectivity index (χ1v) is 5.44. The van der Waals surface area contributed by atoms with Crippen LogP contribution >= 0.6 is 0 Å². The molecule has 1 aromatic heterocycles. The van der Waals surface area contributed by atoms with Crippen LogP contribution in [0.3, 0.4) is 0 Å². The molecule has 0 spiro atoms. The number of nitrogens with zero attached hydrogens (tertiary/aromatic N) is 3. The lowest BCUT2D eigenvalue weighted by molar-refractivity contribution is 0.666. The van der Waals surface area contributed by atoms with Gasteiger partial charge in [0.25, 0.3) is 0 Å². The zero-order valence-corrected chi connectivity index (χ0v) is 9.70. The molecule has 0 bridgehead atoms. The van der Waals surface area contributed by atoms with Gasteiger partial charge >= 0.3 is 0 Å². The van der Waals surface area contributed by atoms with Crippen LogP contribution in [0.2, 0.25) is 0 Å². The Balaban J connectivity index is 2.32. The number of anilines is 1. The monoisotopic (exact) mass is 213 g/mol. The predicted molar refractivity (Wildman–Crippen MR) is 64.0 cm³/mol. The first-order valence-electron chi connectivity index (χ1n) is 5.44. The SMILES string of the molecule is C=C1CC(C)CN1c1cc(C)c(C#N)cn1. The van der Waals surface area contributed by atoms with Crippen LogP contribution in [0, 0.1) is 24.2 Å². The third kappa shape index (κ3) is 1.79. The van der Waals surface area contributed by atoms with Gasteiger partial charge in [-0.2, -0.15) is 5.26 Å². The molecule has 0 aliphatic carbocycles. The minimum absolute atomic E-state index is 0.630. The fraction of sp³-hybridized carbons (Fsp3) is 0.385. The van der Waals surface area contributed by atoms with E-state index < -0.39 is 0 Å². The second kappa shape index (κ2) is 3.97. The summed E-state index contributed by atoms with van der Waals surface area (Å²) in [4.78, 5) is 6.46. The van der Waals surface area contributed by atoms with Gasteiger partial charge in [0.1, 0.15) is 11.9 Å². The van der Waals surface area contributed by atoms with Crippen molar-refractivity contribution in [3.8, 4) is 6.07 Å². The van der Waals surface area contributed by atoms with Gasteiger partial charge in [-0.25, -0.2) is 4.98 Å². The summed E-state index contributed by atoms with van der Waals surface area (Å²) in [5.74, 6) is 1.54. The van der Waals surface area contributed by atoms with E-state index in [4.69, 9.17) is 5.26 Å². The first kappa shape index (κ1) is 10.7. The summed E-state index contributed by atoms with van der Waals surface area (Å²) in [7, 11) is 0. The van der Waals surface area contributed by atoms with Crippen LogP contribution in [0.15, 0.2) is 24.5 Å². The molecule has 1 fully saturated rings. The molecule has 1 aliphatic heterocycles. The molecule has 16 heavy (non-hydrogen) atoms. The average Bonchev–Trinajstić information content (AvgIpc) is 2.58. The second-order valence-electron chi connectivity index (χ2n) is 4.46. The second-order valence-corrected chi connectivity index (χ2v) is 4.46. The number of aryl methyl sites for hydroxylation is 1. The number of rotatable bonds is 1. The van der Waals surface area contributed by atoms with Crippen LogP contribution in [0.25, 0.3) is 0 Å². The molecular weight excluding hydrogens is 198 g/mol. The molecule has 0 aromatic carbocycles. The first-order chi connectivity index (χ1) is 7.61. The zero-order valence-electron chi connectivity index (χ0n) is 9.70. The topological polar surface area (TPSA) is 39.9 Å². The van der Waals surface area contributed by atoms with Crippen molar-refractivity contribution in [1.29, 1.82) is 5.26 Å². The molecular formula is C13H15N3. The third-order valence-electron chi connectivity index (χ3n) is 2.95. The van der Waals surface area contributed by atoms with E-state index in [-0.39, 0.29) is 0 Å². The summed E-state index contributed by atoms with van der Waals surface area (Å²) in [6.45, 7) is 9.17. The molecule has 82 valence electrons. The summed E-state index contributed by atoms with van der Waals surface area (Å²) in [6.07, 6.45) is 2.67. The van der Waals surface area contributed by atoms with E-state index in [2.05, 4.69) is 29.5 Å². The number of nitriles is 1. The van der Waals surface area contributed by atoms with Crippen LogP contribution < -0.4 is 4.90 Å². The summed E-state index contributed by atoms with van der Waals surface area (Å²) in [6, 6.07) is 4.09.